The molecule has 0 amide bonds. The Kier molecular flexibility index (Phi) is 4.35. The molecule has 0 saturated heterocycles. The predicted molar refractivity (Wildman–Crippen MR) is 86.7 cm³/mol. The highest BCUT2D eigenvalue weighted by Crippen LogP contribution is 2.37. The summed E-state index contributed by atoms with van der Waals surface area (Å²) in [5.74, 6) is 0.300. The Bertz CT molecular complexity index is 752. The minimum atomic E-state index is -0.488. The van der Waals surface area contributed by atoms with Gasteiger partial charge in [-0.15, -0.1) is 0 Å². The number of halogens is 1. The number of hydrogen-bond donors (Lipinski definition) is 0. The van der Waals surface area contributed by atoms with Crippen molar-refractivity contribution in [3.63, 3.8) is 0 Å². The third kappa shape index (κ3) is 3.08. The lowest BCUT2D eigenvalue weighted by molar-refractivity contribution is 0.0764. The third-order valence-corrected chi connectivity index (χ3v) is 4.11. The van der Waals surface area contributed by atoms with Crippen molar-refractivity contribution < 1.29 is 19.1 Å². The first-order valence-electron chi connectivity index (χ1n) is 7.23. The fraction of sp³-hybridized carbons (Fsp3) is 0.222. The van der Waals surface area contributed by atoms with E-state index in [2.05, 4.69) is 0 Å². The summed E-state index contributed by atoms with van der Waals surface area (Å²) in [5, 5.41) is 0.569. The van der Waals surface area contributed by atoms with Crippen LogP contribution in [0, 0.1) is 5.92 Å². The molecule has 1 aliphatic heterocycles. The maximum Gasteiger partial charge on any atom is 0.173 e. The molecule has 0 aromatic heterocycles. The third-order valence-electron chi connectivity index (χ3n) is 3.86. The van der Waals surface area contributed by atoms with E-state index in [0.29, 0.717) is 27.6 Å². The Morgan fingerprint density at radius 2 is 2.00 bits per heavy atom. The van der Waals surface area contributed by atoms with Crippen LogP contribution in [0.3, 0.4) is 0 Å². The molecule has 1 aliphatic rings. The Morgan fingerprint density at radius 3 is 2.70 bits per heavy atom. The molecule has 5 heteroatoms. The Morgan fingerprint density at radius 1 is 1.26 bits per heavy atom. The van der Waals surface area contributed by atoms with Crippen LogP contribution in [-0.2, 0) is 0 Å². The highest BCUT2D eigenvalue weighted by Gasteiger charge is 2.32. The van der Waals surface area contributed by atoms with Crippen LogP contribution in [-0.4, -0.2) is 25.3 Å². The lowest BCUT2D eigenvalue weighted by Crippen LogP contribution is -2.30. The highest BCUT2D eigenvalue weighted by atomic mass is 35.5. The maximum atomic E-state index is 12.6. The van der Waals surface area contributed by atoms with E-state index >= 15 is 0 Å². The number of carbonyl (C=O) groups is 2. The van der Waals surface area contributed by atoms with Gasteiger partial charge in [-0.05, 0) is 36.4 Å². The summed E-state index contributed by atoms with van der Waals surface area (Å²) in [4.78, 5) is 24.9. The molecule has 1 heterocycles. The molecule has 4 nitrogen and oxygen atoms in total. The molecule has 0 fully saturated rings. The van der Waals surface area contributed by atoms with Gasteiger partial charge in [-0.3, -0.25) is 9.59 Å². The van der Waals surface area contributed by atoms with Crippen LogP contribution in [0.25, 0.3) is 0 Å². The van der Waals surface area contributed by atoms with Gasteiger partial charge in [0.2, 0.25) is 0 Å². The first kappa shape index (κ1) is 15.6. The molecule has 0 bridgehead atoms. The maximum absolute atomic E-state index is 12.6. The van der Waals surface area contributed by atoms with E-state index in [9.17, 15) is 9.59 Å². The molecule has 0 aliphatic carbocycles. The van der Waals surface area contributed by atoms with E-state index in [-0.39, 0.29) is 24.6 Å². The van der Waals surface area contributed by atoms with Crippen molar-refractivity contribution in [3.05, 3.63) is 58.6 Å². The average molecular weight is 331 g/mol. The molecule has 1 unspecified atom stereocenters. The lowest BCUT2D eigenvalue weighted by atomic mass is 9.89. The number of fused-ring (bicyclic) bond motifs is 1. The van der Waals surface area contributed by atoms with Crippen LogP contribution in [0.4, 0.5) is 0 Å². The number of hydrogen-bond acceptors (Lipinski definition) is 4. The molecule has 0 N–H and O–H groups in total. The van der Waals surface area contributed by atoms with E-state index < -0.39 is 5.92 Å². The van der Waals surface area contributed by atoms with Gasteiger partial charge in [0.05, 0.1) is 25.2 Å². The molecule has 0 saturated carbocycles. The Hall–Kier alpha value is -2.33. The standard InChI is InChI=1S/C18H15ClO4/c1-22-16-4-2-3-14-17(21)12(10-23-18(14)16)9-15(20)11-5-7-13(19)8-6-11/h2-8,12H,9-10H2,1H3. The number of ketones is 2. The van der Waals surface area contributed by atoms with Gasteiger partial charge < -0.3 is 9.47 Å². The van der Waals surface area contributed by atoms with Crippen LogP contribution in [0.2, 0.25) is 5.02 Å². The van der Waals surface area contributed by atoms with Gasteiger partial charge in [-0.2, -0.15) is 0 Å². The van der Waals surface area contributed by atoms with E-state index in [4.69, 9.17) is 21.1 Å². The molecule has 2 aromatic rings. The highest BCUT2D eigenvalue weighted by molar-refractivity contribution is 6.30. The van der Waals surface area contributed by atoms with Gasteiger partial charge in [-0.1, -0.05) is 17.7 Å². The smallest absolute Gasteiger partial charge is 0.173 e. The quantitative estimate of drug-likeness (QED) is 0.800. The van der Waals surface area contributed by atoms with Gasteiger partial charge in [0.1, 0.15) is 0 Å². The van der Waals surface area contributed by atoms with Crippen LogP contribution in [0.5, 0.6) is 11.5 Å². The summed E-state index contributed by atoms with van der Waals surface area (Å²) < 4.78 is 10.9. The Balaban J connectivity index is 1.79. The fourth-order valence-corrected chi connectivity index (χ4v) is 2.75. The topological polar surface area (TPSA) is 52.6 Å². The van der Waals surface area contributed by atoms with Crippen molar-refractivity contribution in [2.45, 2.75) is 6.42 Å². The zero-order valence-corrected chi connectivity index (χ0v) is 13.3. The van der Waals surface area contributed by atoms with Gasteiger partial charge in [0.25, 0.3) is 0 Å². The van der Waals surface area contributed by atoms with E-state index in [1.165, 1.54) is 7.11 Å². The molecule has 23 heavy (non-hydrogen) atoms. The second-order valence-corrected chi connectivity index (χ2v) is 5.78. The fourth-order valence-electron chi connectivity index (χ4n) is 2.63. The van der Waals surface area contributed by atoms with E-state index in [1.54, 1.807) is 42.5 Å². The zero-order valence-electron chi connectivity index (χ0n) is 12.5. The van der Waals surface area contributed by atoms with Gasteiger partial charge in [0, 0.05) is 17.0 Å². The SMILES string of the molecule is COc1cccc2c1OCC(CC(=O)c1ccc(Cl)cc1)C2=O. The number of Topliss-reactive ketones (excluding diaryl/α,β-unsaturated/α-hetero) is 2. The molecule has 1 atom stereocenters. The number of para-hydroxylation sites is 1. The largest absolute Gasteiger partial charge is 0.493 e. The second kappa shape index (κ2) is 6.42. The van der Waals surface area contributed by atoms with Gasteiger partial charge >= 0.3 is 0 Å². The van der Waals surface area contributed by atoms with Gasteiger partial charge in [-0.25, -0.2) is 0 Å². The van der Waals surface area contributed by atoms with E-state index in [1.807, 2.05) is 0 Å². The number of methoxy groups -OCH3 is 1. The summed E-state index contributed by atoms with van der Waals surface area (Å²) in [5.41, 5.74) is 1.00. The molecule has 118 valence electrons. The first-order valence-corrected chi connectivity index (χ1v) is 7.60. The van der Waals surface area contributed by atoms with Crippen molar-refractivity contribution in [3.8, 4) is 11.5 Å². The van der Waals surface area contributed by atoms with Crippen molar-refractivity contribution in [2.75, 3.05) is 13.7 Å². The molecule has 3 rings (SSSR count). The van der Waals surface area contributed by atoms with E-state index in [0.717, 1.165) is 0 Å². The lowest BCUT2D eigenvalue weighted by Gasteiger charge is -2.25. The minimum Gasteiger partial charge on any atom is -0.493 e. The summed E-state index contributed by atoms with van der Waals surface area (Å²) in [7, 11) is 1.53. The zero-order chi connectivity index (χ0) is 16.4. The minimum absolute atomic E-state index is 0.0903. The number of carbonyl (C=O) groups excluding carboxylic acids is 2. The van der Waals surface area contributed by atoms with Crippen molar-refractivity contribution in [2.24, 2.45) is 5.92 Å². The van der Waals surface area contributed by atoms with Crippen molar-refractivity contribution >= 4 is 23.2 Å². The monoisotopic (exact) mass is 330 g/mol. The average Bonchev–Trinajstić information content (AvgIpc) is 2.57. The first-order chi connectivity index (χ1) is 11.1. The van der Waals surface area contributed by atoms with Crippen LogP contribution >= 0.6 is 11.6 Å². The summed E-state index contributed by atoms with van der Waals surface area (Å²) in [6, 6.07) is 11.8. The van der Waals surface area contributed by atoms with Crippen LogP contribution < -0.4 is 9.47 Å². The summed E-state index contributed by atoms with van der Waals surface area (Å²) in [6.45, 7) is 0.172. The predicted octanol–water partition coefficient (Wildman–Crippen LogP) is 3.81. The van der Waals surface area contributed by atoms with Crippen molar-refractivity contribution in [1.29, 1.82) is 0 Å². The normalized spacial score (nSPS) is 16.4. The number of ether oxygens (including phenoxy) is 2. The molecule has 2 aromatic carbocycles. The molecule has 0 spiro atoms. The second-order valence-electron chi connectivity index (χ2n) is 5.34. The molecular formula is C18H15ClO4. The molecular weight excluding hydrogens is 316 g/mol. The molecule has 0 radical (unpaired) electrons. The number of rotatable bonds is 4. The van der Waals surface area contributed by atoms with Crippen LogP contribution in [0.1, 0.15) is 27.1 Å². The number of benzene rings is 2. The van der Waals surface area contributed by atoms with Gasteiger partial charge in [0.15, 0.2) is 23.1 Å². The van der Waals surface area contributed by atoms with Crippen LogP contribution in [0.15, 0.2) is 42.5 Å². The summed E-state index contributed by atoms with van der Waals surface area (Å²) in [6.07, 6.45) is 0.108. The Labute approximate surface area is 139 Å². The van der Waals surface area contributed by atoms with Crippen molar-refractivity contribution in [1.82, 2.24) is 0 Å². The summed E-state index contributed by atoms with van der Waals surface area (Å²) >= 11 is 5.82.